The molecule has 0 aliphatic rings. The Morgan fingerprint density at radius 3 is 2.31 bits per heavy atom. The summed E-state index contributed by atoms with van der Waals surface area (Å²) in [6.07, 6.45) is 3.64. The second-order valence-corrected chi connectivity index (χ2v) is 9.80. The van der Waals surface area contributed by atoms with Crippen LogP contribution >= 0.6 is 0 Å². The van der Waals surface area contributed by atoms with Crippen LogP contribution in [0.2, 0.25) is 0 Å². The van der Waals surface area contributed by atoms with Gasteiger partial charge in [0, 0.05) is 30.7 Å². The van der Waals surface area contributed by atoms with Gasteiger partial charge < -0.3 is 15.3 Å². The number of carboxylic acid groups (broad SMARTS) is 1. The van der Waals surface area contributed by atoms with E-state index in [4.69, 9.17) is 0 Å². The van der Waals surface area contributed by atoms with Crippen LogP contribution in [0.4, 0.5) is 4.39 Å². The van der Waals surface area contributed by atoms with Crippen molar-refractivity contribution in [3.63, 3.8) is 0 Å². The van der Waals surface area contributed by atoms with Crippen LogP contribution in [-0.2, 0) is 17.8 Å². The average Bonchev–Trinajstić information content (AvgIpc) is 2.92. The summed E-state index contributed by atoms with van der Waals surface area (Å²) in [7, 11) is 3.63. The van der Waals surface area contributed by atoms with Crippen LogP contribution in [0, 0.1) is 5.82 Å². The van der Waals surface area contributed by atoms with Crippen LogP contribution in [-0.4, -0.2) is 47.0 Å². The number of aromatic nitrogens is 1. The molecule has 6 nitrogen and oxygen atoms in total. The van der Waals surface area contributed by atoms with Gasteiger partial charge in [0.05, 0.1) is 5.56 Å². The molecule has 1 atom stereocenters. The highest BCUT2D eigenvalue weighted by Gasteiger charge is 2.25. The summed E-state index contributed by atoms with van der Waals surface area (Å²) in [5.41, 5.74) is 3.15. The Morgan fingerprint density at radius 1 is 0.872 bits per heavy atom. The van der Waals surface area contributed by atoms with Crippen LogP contribution in [0.5, 0.6) is 0 Å². The molecule has 0 radical (unpaired) electrons. The summed E-state index contributed by atoms with van der Waals surface area (Å²) in [5.74, 6) is -2.63. The van der Waals surface area contributed by atoms with E-state index < -0.39 is 23.7 Å². The molecule has 5 rings (SSSR count). The molecular formula is C32H28FN3O3. The summed E-state index contributed by atoms with van der Waals surface area (Å²) in [5, 5.41) is 16.5. The summed E-state index contributed by atoms with van der Waals surface area (Å²) >= 11 is 0. The molecule has 0 unspecified atom stereocenters. The van der Waals surface area contributed by atoms with Crippen LogP contribution < -0.4 is 5.32 Å². The van der Waals surface area contributed by atoms with Crippen molar-refractivity contribution in [1.29, 1.82) is 0 Å². The summed E-state index contributed by atoms with van der Waals surface area (Å²) in [6, 6.07) is 22.9. The topological polar surface area (TPSA) is 82.5 Å². The Labute approximate surface area is 225 Å². The smallest absolute Gasteiger partial charge is 0.326 e. The van der Waals surface area contributed by atoms with Gasteiger partial charge in [0.25, 0.3) is 5.91 Å². The van der Waals surface area contributed by atoms with Gasteiger partial charge in [-0.1, -0.05) is 66.7 Å². The van der Waals surface area contributed by atoms with Crippen LogP contribution in [0.15, 0.2) is 91.3 Å². The van der Waals surface area contributed by atoms with Crippen molar-refractivity contribution in [2.45, 2.75) is 19.0 Å². The second-order valence-electron chi connectivity index (χ2n) is 9.80. The molecule has 0 bridgehead atoms. The van der Waals surface area contributed by atoms with Crippen LogP contribution in [0.25, 0.3) is 32.7 Å². The highest BCUT2D eigenvalue weighted by Crippen LogP contribution is 2.35. The monoisotopic (exact) mass is 521 g/mol. The number of hydrogen-bond acceptors (Lipinski definition) is 4. The molecule has 4 aromatic carbocycles. The molecule has 0 aliphatic carbocycles. The fraction of sp³-hybridized carbons (Fsp3) is 0.156. The van der Waals surface area contributed by atoms with E-state index in [0.29, 0.717) is 12.1 Å². The van der Waals surface area contributed by atoms with Gasteiger partial charge >= 0.3 is 5.97 Å². The van der Waals surface area contributed by atoms with Crippen molar-refractivity contribution >= 4 is 33.4 Å². The maximum atomic E-state index is 14.7. The minimum absolute atomic E-state index is 0.0381. The minimum atomic E-state index is -1.25. The SMILES string of the molecule is CN(C)Cc1cccc(F)c1C(=O)N[C@@H](Cc1cccc2c(-c3cccc4ccncc34)cccc12)C(=O)O. The molecule has 7 heteroatoms. The first-order chi connectivity index (χ1) is 18.8. The first-order valence-corrected chi connectivity index (χ1v) is 12.6. The second kappa shape index (κ2) is 11.0. The quantitative estimate of drug-likeness (QED) is 0.275. The van der Waals surface area contributed by atoms with E-state index in [-0.39, 0.29) is 12.0 Å². The molecular weight excluding hydrogens is 493 g/mol. The number of carboxylic acids is 1. The lowest BCUT2D eigenvalue weighted by atomic mass is 9.91. The number of amides is 1. The third-order valence-electron chi connectivity index (χ3n) is 6.83. The molecule has 0 fully saturated rings. The number of pyridine rings is 1. The lowest BCUT2D eigenvalue weighted by Gasteiger charge is -2.19. The number of carbonyl (C=O) groups is 2. The lowest BCUT2D eigenvalue weighted by molar-refractivity contribution is -0.139. The van der Waals surface area contributed by atoms with E-state index in [9.17, 15) is 19.1 Å². The fourth-order valence-corrected chi connectivity index (χ4v) is 5.08. The molecule has 1 aromatic heterocycles. The zero-order chi connectivity index (χ0) is 27.5. The van der Waals surface area contributed by atoms with E-state index in [2.05, 4.69) is 10.3 Å². The Hall–Kier alpha value is -4.62. The number of nitrogens with zero attached hydrogens (tertiary/aromatic N) is 2. The molecule has 0 spiro atoms. The first kappa shape index (κ1) is 26.0. The lowest BCUT2D eigenvalue weighted by Crippen LogP contribution is -2.43. The number of hydrogen-bond donors (Lipinski definition) is 2. The predicted molar refractivity (Wildman–Crippen MR) is 151 cm³/mol. The van der Waals surface area contributed by atoms with Crippen molar-refractivity contribution in [1.82, 2.24) is 15.2 Å². The molecule has 5 aromatic rings. The maximum absolute atomic E-state index is 14.7. The Morgan fingerprint density at radius 2 is 1.54 bits per heavy atom. The Bertz CT molecular complexity index is 1690. The summed E-state index contributed by atoms with van der Waals surface area (Å²) in [4.78, 5) is 31.5. The van der Waals surface area contributed by atoms with Gasteiger partial charge in [0.1, 0.15) is 11.9 Å². The molecule has 0 saturated carbocycles. The van der Waals surface area contributed by atoms with Crippen LogP contribution in [0.1, 0.15) is 21.5 Å². The number of halogens is 1. The Kier molecular flexibility index (Phi) is 7.34. The van der Waals surface area contributed by atoms with Crippen molar-refractivity contribution in [2.75, 3.05) is 14.1 Å². The number of nitrogens with one attached hydrogen (secondary N) is 1. The van der Waals surface area contributed by atoms with E-state index >= 15 is 0 Å². The van der Waals surface area contributed by atoms with Gasteiger partial charge in [-0.2, -0.15) is 0 Å². The highest BCUT2D eigenvalue weighted by atomic mass is 19.1. The van der Waals surface area contributed by atoms with Gasteiger partial charge in [-0.05, 0) is 64.6 Å². The normalized spacial score (nSPS) is 12.1. The summed E-state index contributed by atoms with van der Waals surface area (Å²) < 4.78 is 14.7. The average molecular weight is 522 g/mol. The minimum Gasteiger partial charge on any atom is -0.480 e. The molecule has 39 heavy (non-hydrogen) atoms. The van der Waals surface area contributed by atoms with Gasteiger partial charge in [-0.25, -0.2) is 9.18 Å². The zero-order valence-electron chi connectivity index (χ0n) is 21.7. The number of benzene rings is 4. The van der Waals surface area contributed by atoms with Gasteiger partial charge in [-0.3, -0.25) is 9.78 Å². The molecule has 1 amide bonds. The summed E-state index contributed by atoms with van der Waals surface area (Å²) in [6.45, 7) is 0.341. The van der Waals surface area contributed by atoms with Gasteiger partial charge in [0.15, 0.2) is 0 Å². The standard InChI is InChI=1S/C32H28FN3O3/c1-36(2)19-22-9-5-14-28(33)30(22)31(37)35-29(32(38)39)17-21-8-4-11-24-23(21)10-6-13-25(24)26-12-3-7-20-15-16-34-18-27(20)26/h3-16,18,29H,17,19H2,1-2H3,(H,35,37)(H,38,39)/t29-/m0/s1. The van der Waals surface area contributed by atoms with Crippen molar-refractivity contribution < 1.29 is 19.1 Å². The predicted octanol–water partition coefficient (Wildman–Crippen LogP) is 5.68. The highest BCUT2D eigenvalue weighted by molar-refractivity contribution is 6.06. The van der Waals surface area contributed by atoms with Gasteiger partial charge in [0.2, 0.25) is 0 Å². The largest absolute Gasteiger partial charge is 0.480 e. The first-order valence-electron chi connectivity index (χ1n) is 12.6. The molecule has 0 saturated heterocycles. The number of rotatable bonds is 8. The van der Waals surface area contributed by atoms with E-state index in [1.807, 2.05) is 85.9 Å². The van der Waals surface area contributed by atoms with E-state index in [0.717, 1.165) is 38.2 Å². The van der Waals surface area contributed by atoms with Crippen molar-refractivity contribution in [2.24, 2.45) is 0 Å². The maximum Gasteiger partial charge on any atom is 0.326 e. The third kappa shape index (κ3) is 5.35. The molecule has 0 aliphatic heterocycles. The molecule has 1 heterocycles. The van der Waals surface area contributed by atoms with E-state index in [1.54, 1.807) is 18.3 Å². The third-order valence-corrected chi connectivity index (χ3v) is 6.83. The van der Waals surface area contributed by atoms with Gasteiger partial charge in [-0.15, -0.1) is 0 Å². The van der Waals surface area contributed by atoms with E-state index in [1.165, 1.54) is 6.07 Å². The Balaban J connectivity index is 1.50. The van der Waals surface area contributed by atoms with Crippen LogP contribution in [0.3, 0.4) is 0 Å². The number of carbonyl (C=O) groups excluding carboxylic acids is 1. The van der Waals surface area contributed by atoms with Crippen molar-refractivity contribution in [3.05, 3.63) is 114 Å². The fourth-order valence-electron chi connectivity index (χ4n) is 5.08. The van der Waals surface area contributed by atoms with Crippen molar-refractivity contribution in [3.8, 4) is 11.1 Å². The number of fused-ring (bicyclic) bond motifs is 2. The molecule has 2 N–H and O–H groups in total. The zero-order valence-corrected chi connectivity index (χ0v) is 21.7. The molecule has 196 valence electrons. The number of aliphatic carboxylic acids is 1.